The van der Waals surface area contributed by atoms with Gasteiger partial charge in [-0.3, -0.25) is 29.5 Å². The maximum atomic E-state index is 15.0. The summed E-state index contributed by atoms with van der Waals surface area (Å²) in [5, 5.41) is 4.06. The van der Waals surface area contributed by atoms with Crippen LogP contribution in [0.1, 0.15) is 39.9 Å². The number of nitrogens with one attached hydrogen (secondary N) is 1. The van der Waals surface area contributed by atoms with Crippen molar-refractivity contribution in [3.8, 4) is 0 Å². The van der Waals surface area contributed by atoms with Crippen molar-refractivity contribution >= 4 is 34.2 Å². The minimum atomic E-state index is -0.718. The molecule has 8 heteroatoms. The first kappa shape index (κ1) is 22.8. The fourth-order valence-electron chi connectivity index (χ4n) is 5.51. The van der Waals surface area contributed by atoms with Crippen LogP contribution < -0.4 is 10.2 Å². The highest BCUT2D eigenvalue weighted by molar-refractivity contribution is 6.27. The average Bonchev–Trinajstić information content (AvgIpc) is 3.16. The smallest absolute Gasteiger partial charge is 0.259 e. The number of piperidine rings is 1. The Bertz CT molecular complexity index is 1400. The molecule has 0 saturated carbocycles. The number of rotatable bonds is 5. The van der Waals surface area contributed by atoms with E-state index in [4.69, 9.17) is 4.74 Å². The van der Waals surface area contributed by atoms with E-state index in [2.05, 4.69) is 10.2 Å². The molecule has 0 aromatic heterocycles. The molecule has 1 unspecified atom stereocenters. The third-order valence-electron chi connectivity index (χ3n) is 7.35. The molecule has 7 nitrogen and oxygen atoms in total. The third-order valence-corrected chi connectivity index (χ3v) is 7.35. The summed E-state index contributed by atoms with van der Waals surface area (Å²) in [5.74, 6) is -1.22. The molecule has 3 amide bonds. The molecule has 184 valence electrons. The average molecular weight is 488 g/mol. The van der Waals surface area contributed by atoms with Crippen molar-refractivity contribution in [1.29, 1.82) is 0 Å². The van der Waals surface area contributed by atoms with Gasteiger partial charge in [0.05, 0.1) is 18.9 Å². The maximum absolute atomic E-state index is 15.0. The predicted octanol–water partition coefficient (Wildman–Crippen LogP) is 3.17. The highest BCUT2D eigenvalue weighted by atomic mass is 19.1. The molecule has 3 aliphatic heterocycles. The van der Waals surface area contributed by atoms with Crippen molar-refractivity contribution in [1.82, 2.24) is 10.2 Å². The molecule has 2 fully saturated rings. The van der Waals surface area contributed by atoms with Crippen molar-refractivity contribution in [2.75, 3.05) is 31.2 Å². The lowest BCUT2D eigenvalue weighted by Crippen LogP contribution is -2.53. The first-order valence-corrected chi connectivity index (χ1v) is 12.3. The predicted molar refractivity (Wildman–Crippen MR) is 132 cm³/mol. The van der Waals surface area contributed by atoms with E-state index in [1.54, 1.807) is 12.1 Å². The number of ether oxygens (including phenoxy) is 1. The number of nitrogens with zero attached hydrogens (tertiary/aromatic N) is 2. The summed E-state index contributed by atoms with van der Waals surface area (Å²) in [6.45, 7) is 3.52. The van der Waals surface area contributed by atoms with Gasteiger partial charge in [0.25, 0.3) is 5.91 Å². The number of hydrogen-bond acceptors (Lipinski definition) is 5. The Kier molecular flexibility index (Phi) is 5.78. The Morgan fingerprint density at radius 2 is 1.81 bits per heavy atom. The lowest BCUT2D eigenvalue weighted by atomic mass is 9.95. The molecule has 1 atom stereocenters. The van der Waals surface area contributed by atoms with Crippen LogP contribution in [0.5, 0.6) is 0 Å². The van der Waals surface area contributed by atoms with E-state index >= 15 is 0 Å². The standard InChI is InChI=1S/C28H26FN3O4/c29-22-15-17(4-5-19(22)16-31-10-12-36-13-11-31)14-18-6-7-23-26-20(18)2-1-3-21(26)28(35)32(23)24-8-9-25(33)30-27(24)34/h1-7,15,24H,8-14,16H2,(H,30,33,34). The molecule has 0 bridgehead atoms. The van der Waals surface area contributed by atoms with E-state index in [-0.39, 0.29) is 24.1 Å². The topological polar surface area (TPSA) is 79.0 Å². The Hall–Kier alpha value is -3.62. The number of benzene rings is 3. The number of imide groups is 1. The van der Waals surface area contributed by atoms with Crippen LogP contribution in [-0.2, 0) is 27.3 Å². The summed E-state index contributed by atoms with van der Waals surface area (Å²) >= 11 is 0. The molecule has 36 heavy (non-hydrogen) atoms. The SMILES string of the molecule is O=C1CCC(N2C(=O)c3cccc4c(Cc5ccc(CN6CCOCC6)c(F)c5)ccc2c34)C(=O)N1. The number of carbonyl (C=O) groups is 3. The van der Waals surface area contributed by atoms with E-state index in [9.17, 15) is 18.8 Å². The van der Waals surface area contributed by atoms with Crippen LogP contribution in [0.3, 0.4) is 0 Å². The van der Waals surface area contributed by atoms with Gasteiger partial charge in [0, 0.05) is 42.6 Å². The van der Waals surface area contributed by atoms with Crippen LogP contribution in [-0.4, -0.2) is 55.0 Å². The second-order valence-electron chi connectivity index (χ2n) is 9.61. The highest BCUT2D eigenvalue weighted by Gasteiger charge is 2.40. The van der Waals surface area contributed by atoms with Crippen molar-refractivity contribution in [3.63, 3.8) is 0 Å². The summed E-state index contributed by atoms with van der Waals surface area (Å²) in [4.78, 5) is 41.2. The van der Waals surface area contributed by atoms with Gasteiger partial charge in [-0.05, 0) is 47.6 Å². The summed E-state index contributed by atoms with van der Waals surface area (Å²) < 4.78 is 20.3. The number of hydrogen-bond donors (Lipinski definition) is 1. The van der Waals surface area contributed by atoms with Crippen molar-refractivity contribution in [2.24, 2.45) is 0 Å². The normalized spacial score (nSPS) is 20.3. The molecule has 3 aliphatic rings. The second kappa shape index (κ2) is 9.11. The van der Waals surface area contributed by atoms with Crippen LogP contribution in [0.4, 0.5) is 10.1 Å². The lowest BCUT2D eigenvalue weighted by molar-refractivity contribution is -0.134. The molecule has 1 N–H and O–H groups in total. The van der Waals surface area contributed by atoms with Gasteiger partial charge < -0.3 is 4.74 Å². The molecular weight excluding hydrogens is 461 g/mol. The Balaban J connectivity index is 1.29. The minimum Gasteiger partial charge on any atom is -0.379 e. The molecule has 0 spiro atoms. The number of anilines is 1. The zero-order valence-corrected chi connectivity index (χ0v) is 19.8. The molecule has 3 aromatic rings. The van der Waals surface area contributed by atoms with Crippen molar-refractivity contribution < 1.29 is 23.5 Å². The van der Waals surface area contributed by atoms with Gasteiger partial charge in [-0.2, -0.15) is 0 Å². The fourth-order valence-corrected chi connectivity index (χ4v) is 5.51. The van der Waals surface area contributed by atoms with E-state index in [1.165, 1.54) is 4.90 Å². The monoisotopic (exact) mass is 487 g/mol. The summed E-state index contributed by atoms with van der Waals surface area (Å²) in [5.41, 5.74) is 3.72. The van der Waals surface area contributed by atoms with E-state index in [1.807, 2.05) is 36.4 Å². The molecule has 6 rings (SSSR count). The third kappa shape index (κ3) is 3.96. The van der Waals surface area contributed by atoms with Gasteiger partial charge >= 0.3 is 0 Å². The lowest BCUT2D eigenvalue weighted by Gasteiger charge is -2.30. The van der Waals surface area contributed by atoms with Crippen LogP contribution in [0.15, 0.2) is 48.5 Å². The molecule has 3 heterocycles. The van der Waals surface area contributed by atoms with E-state index in [0.717, 1.165) is 35.0 Å². The minimum absolute atomic E-state index is 0.199. The van der Waals surface area contributed by atoms with Gasteiger partial charge in [0.15, 0.2) is 0 Å². The summed E-state index contributed by atoms with van der Waals surface area (Å²) in [6, 6.07) is 14.1. The van der Waals surface area contributed by atoms with Crippen LogP contribution in [0, 0.1) is 5.82 Å². The van der Waals surface area contributed by atoms with Gasteiger partial charge in [-0.1, -0.05) is 30.3 Å². The van der Waals surface area contributed by atoms with Gasteiger partial charge in [-0.15, -0.1) is 0 Å². The second-order valence-corrected chi connectivity index (χ2v) is 9.61. The Morgan fingerprint density at radius 3 is 2.58 bits per heavy atom. The quantitative estimate of drug-likeness (QED) is 0.560. The highest BCUT2D eigenvalue weighted by Crippen LogP contribution is 2.41. The molecule has 2 saturated heterocycles. The van der Waals surface area contributed by atoms with E-state index < -0.39 is 11.9 Å². The number of morpholine rings is 1. The van der Waals surface area contributed by atoms with E-state index in [0.29, 0.717) is 49.4 Å². The number of carbonyl (C=O) groups excluding carboxylic acids is 3. The zero-order chi connectivity index (χ0) is 24.8. The summed E-state index contributed by atoms with van der Waals surface area (Å²) in [7, 11) is 0. The van der Waals surface area contributed by atoms with Crippen molar-refractivity contribution in [2.45, 2.75) is 31.8 Å². The Labute approximate surface area is 207 Å². The van der Waals surface area contributed by atoms with Gasteiger partial charge in [-0.25, -0.2) is 4.39 Å². The van der Waals surface area contributed by atoms with Crippen LogP contribution in [0.2, 0.25) is 0 Å². The maximum Gasteiger partial charge on any atom is 0.259 e. The van der Waals surface area contributed by atoms with Crippen LogP contribution in [0.25, 0.3) is 10.8 Å². The fraction of sp³-hybridized carbons (Fsp3) is 0.321. The first-order chi connectivity index (χ1) is 17.5. The molecule has 0 aliphatic carbocycles. The molecule has 3 aromatic carbocycles. The zero-order valence-electron chi connectivity index (χ0n) is 19.8. The molecule has 0 radical (unpaired) electrons. The number of amides is 3. The number of halogens is 1. The Morgan fingerprint density at radius 1 is 1.00 bits per heavy atom. The molecular formula is C28H26FN3O4. The first-order valence-electron chi connectivity index (χ1n) is 12.3. The summed E-state index contributed by atoms with van der Waals surface area (Å²) in [6.07, 6.45) is 1.01. The van der Waals surface area contributed by atoms with Crippen molar-refractivity contribution in [3.05, 3.63) is 76.6 Å². The van der Waals surface area contributed by atoms with Gasteiger partial charge in [0.2, 0.25) is 11.8 Å². The van der Waals surface area contributed by atoms with Crippen LogP contribution >= 0.6 is 0 Å². The van der Waals surface area contributed by atoms with Gasteiger partial charge in [0.1, 0.15) is 11.9 Å². The largest absolute Gasteiger partial charge is 0.379 e.